The third kappa shape index (κ3) is 6.40. The van der Waals surface area contributed by atoms with Gasteiger partial charge in [-0.1, -0.05) is 228 Å². The second-order valence-electron chi connectivity index (χ2n) is 16.8. The van der Waals surface area contributed by atoms with Crippen LogP contribution in [-0.2, 0) is 5.41 Å². The fourth-order valence-corrected chi connectivity index (χ4v) is 10.6. The average molecular weight is 749 g/mol. The molecule has 1 atom stereocenters. The molecule has 10 aromatic rings. The molecule has 10 rings (SSSR count). The van der Waals surface area contributed by atoms with Crippen molar-refractivity contribution in [2.45, 2.75) is 76.0 Å². The van der Waals surface area contributed by atoms with Gasteiger partial charge in [0.05, 0.1) is 5.41 Å². The fraction of sp³-hybridized carbons (Fsp3) is 0.207. The quantitative estimate of drug-likeness (QED) is 0.0590. The predicted octanol–water partition coefficient (Wildman–Crippen LogP) is 16.7. The average Bonchev–Trinajstić information content (AvgIpc) is 3.28. The topological polar surface area (TPSA) is 0 Å². The SMILES string of the molecule is CCCCCCCCCCC(c1ccc2ccccc2c1)C(c1ccc2ccccc2c1)(c1ccc2ccccc2c1)c1ccc2ccc3cccc4ccc1c2c34. The van der Waals surface area contributed by atoms with Crippen LogP contribution in [0.4, 0.5) is 0 Å². The van der Waals surface area contributed by atoms with Gasteiger partial charge in [-0.3, -0.25) is 0 Å². The molecule has 0 saturated heterocycles. The second-order valence-corrected chi connectivity index (χ2v) is 16.8. The standard InChI is InChI=1S/C58H52/c1-2-3-4-5-6-7-8-9-25-54(50-29-26-41-17-10-13-20-47(41)38-50)58(51-34-30-42-18-11-14-21-48(42)39-51,52-35-31-43-19-12-15-22-49(43)40-52)55-37-33-46-28-27-44-23-16-24-45-32-36-53(55)57(46)56(44)45/h10-24,26-40,54H,2-9,25H2,1H3. The first-order valence-electron chi connectivity index (χ1n) is 21.9. The molecule has 0 aromatic heterocycles. The number of hydrogen-bond donors (Lipinski definition) is 0. The fourth-order valence-electron chi connectivity index (χ4n) is 10.6. The highest BCUT2D eigenvalue weighted by Gasteiger charge is 2.45. The van der Waals surface area contributed by atoms with Crippen molar-refractivity contribution in [1.82, 2.24) is 0 Å². The lowest BCUT2D eigenvalue weighted by Crippen LogP contribution is -2.37. The van der Waals surface area contributed by atoms with Gasteiger partial charge in [0.25, 0.3) is 0 Å². The molecule has 0 saturated carbocycles. The summed E-state index contributed by atoms with van der Waals surface area (Å²) in [6.45, 7) is 2.31. The van der Waals surface area contributed by atoms with Crippen molar-refractivity contribution in [3.63, 3.8) is 0 Å². The molecule has 0 amide bonds. The first-order valence-corrected chi connectivity index (χ1v) is 21.9. The predicted molar refractivity (Wildman–Crippen MR) is 252 cm³/mol. The lowest BCUT2D eigenvalue weighted by molar-refractivity contribution is 0.430. The van der Waals surface area contributed by atoms with Crippen molar-refractivity contribution in [3.8, 4) is 0 Å². The van der Waals surface area contributed by atoms with Gasteiger partial charge in [0, 0.05) is 5.92 Å². The van der Waals surface area contributed by atoms with E-state index in [2.05, 4.69) is 189 Å². The molecular weight excluding hydrogens is 697 g/mol. The summed E-state index contributed by atoms with van der Waals surface area (Å²) in [6.07, 6.45) is 11.5. The molecule has 10 aromatic carbocycles. The summed E-state index contributed by atoms with van der Waals surface area (Å²) in [6, 6.07) is 70.1. The first-order chi connectivity index (χ1) is 28.7. The molecule has 1 unspecified atom stereocenters. The molecular formula is C58H52. The monoisotopic (exact) mass is 748 g/mol. The summed E-state index contributed by atoms with van der Waals surface area (Å²) in [4.78, 5) is 0. The summed E-state index contributed by atoms with van der Waals surface area (Å²) in [5, 5.41) is 15.7. The van der Waals surface area contributed by atoms with E-state index in [0.29, 0.717) is 0 Å². The van der Waals surface area contributed by atoms with E-state index in [1.807, 2.05) is 0 Å². The summed E-state index contributed by atoms with van der Waals surface area (Å²) in [5.41, 5.74) is 4.98. The largest absolute Gasteiger partial charge is 0.0654 e. The molecule has 0 aliphatic heterocycles. The second kappa shape index (κ2) is 15.8. The molecule has 58 heavy (non-hydrogen) atoms. The van der Waals surface area contributed by atoms with Gasteiger partial charge in [0.1, 0.15) is 0 Å². The van der Waals surface area contributed by atoms with Gasteiger partial charge in [-0.05, 0) is 105 Å². The molecule has 0 fully saturated rings. The van der Waals surface area contributed by atoms with Crippen LogP contribution in [0.3, 0.4) is 0 Å². The van der Waals surface area contributed by atoms with Crippen LogP contribution in [0.1, 0.15) is 92.9 Å². The zero-order valence-electron chi connectivity index (χ0n) is 33.8. The van der Waals surface area contributed by atoms with Crippen LogP contribution in [0.2, 0.25) is 0 Å². The summed E-state index contributed by atoms with van der Waals surface area (Å²) in [5.74, 6) is 0.151. The first kappa shape index (κ1) is 36.4. The van der Waals surface area contributed by atoms with Gasteiger partial charge in [0.15, 0.2) is 0 Å². The van der Waals surface area contributed by atoms with E-state index < -0.39 is 5.41 Å². The number of fused-ring (bicyclic) bond motifs is 3. The highest BCUT2D eigenvalue weighted by molar-refractivity contribution is 6.23. The van der Waals surface area contributed by atoms with E-state index in [0.717, 1.165) is 6.42 Å². The van der Waals surface area contributed by atoms with Crippen LogP contribution in [-0.4, -0.2) is 0 Å². The van der Waals surface area contributed by atoms with E-state index in [1.54, 1.807) is 0 Å². The molecule has 0 aliphatic rings. The molecule has 284 valence electrons. The Morgan fingerprint density at radius 1 is 0.362 bits per heavy atom. The number of benzene rings is 10. The minimum absolute atomic E-state index is 0.151. The zero-order valence-corrected chi connectivity index (χ0v) is 33.8. The molecule has 0 radical (unpaired) electrons. The number of unbranched alkanes of at least 4 members (excludes halogenated alkanes) is 7. The third-order valence-electron chi connectivity index (χ3n) is 13.4. The molecule has 0 aliphatic carbocycles. The molecule has 0 N–H and O–H groups in total. The Morgan fingerprint density at radius 3 is 1.41 bits per heavy atom. The molecule has 0 heterocycles. The van der Waals surface area contributed by atoms with Gasteiger partial charge < -0.3 is 0 Å². The van der Waals surface area contributed by atoms with Crippen LogP contribution < -0.4 is 0 Å². The van der Waals surface area contributed by atoms with Gasteiger partial charge in [0.2, 0.25) is 0 Å². The van der Waals surface area contributed by atoms with E-state index in [1.165, 1.54) is 138 Å². The molecule has 0 nitrogen and oxygen atoms in total. The minimum atomic E-state index is -0.528. The van der Waals surface area contributed by atoms with Gasteiger partial charge >= 0.3 is 0 Å². The molecule has 0 bridgehead atoms. The molecule has 0 spiro atoms. The maximum absolute atomic E-state index is 2.53. The Morgan fingerprint density at radius 2 is 0.810 bits per heavy atom. The van der Waals surface area contributed by atoms with E-state index in [4.69, 9.17) is 0 Å². The van der Waals surface area contributed by atoms with E-state index in [-0.39, 0.29) is 5.92 Å². The Balaban J connectivity index is 1.29. The van der Waals surface area contributed by atoms with Gasteiger partial charge in [-0.2, -0.15) is 0 Å². The maximum atomic E-state index is 2.53. The normalized spacial score (nSPS) is 12.8. The Kier molecular flexibility index (Phi) is 9.88. The highest BCUT2D eigenvalue weighted by atomic mass is 14.5. The van der Waals surface area contributed by atoms with Crippen LogP contribution in [0, 0.1) is 0 Å². The van der Waals surface area contributed by atoms with Crippen molar-refractivity contribution in [2.75, 3.05) is 0 Å². The molecule has 0 heteroatoms. The van der Waals surface area contributed by atoms with Crippen molar-refractivity contribution in [1.29, 1.82) is 0 Å². The lowest BCUT2D eigenvalue weighted by atomic mass is 9.57. The Bertz CT molecular complexity index is 2920. The van der Waals surface area contributed by atoms with Crippen molar-refractivity contribution < 1.29 is 0 Å². The summed E-state index contributed by atoms with van der Waals surface area (Å²) >= 11 is 0. The maximum Gasteiger partial charge on any atom is 0.0526 e. The third-order valence-corrected chi connectivity index (χ3v) is 13.4. The smallest absolute Gasteiger partial charge is 0.0526 e. The van der Waals surface area contributed by atoms with Crippen LogP contribution in [0.5, 0.6) is 0 Å². The van der Waals surface area contributed by atoms with Crippen LogP contribution in [0.15, 0.2) is 182 Å². The van der Waals surface area contributed by atoms with E-state index >= 15 is 0 Å². The highest BCUT2D eigenvalue weighted by Crippen LogP contribution is 2.55. The number of hydrogen-bond acceptors (Lipinski definition) is 0. The van der Waals surface area contributed by atoms with Crippen molar-refractivity contribution >= 4 is 64.6 Å². The van der Waals surface area contributed by atoms with Crippen molar-refractivity contribution in [3.05, 3.63) is 204 Å². The van der Waals surface area contributed by atoms with Crippen molar-refractivity contribution in [2.24, 2.45) is 0 Å². The Labute approximate surface area is 343 Å². The Hall–Kier alpha value is -5.98. The van der Waals surface area contributed by atoms with Crippen LogP contribution >= 0.6 is 0 Å². The summed E-state index contributed by atoms with van der Waals surface area (Å²) in [7, 11) is 0. The number of rotatable bonds is 14. The lowest BCUT2D eigenvalue weighted by Gasteiger charge is -2.44. The van der Waals surface area contributed by atoms with Gasteiger partial charge in [-0.25, -0.2) is 0 Å². The van der Waals surface area contributed by atoms with E-state index in [9.17, 15) is 0 Å². The zero-order chi connectivity index (χ0) is 38.9. The van der Waals surface area contributed by atoms with Crippen LogP contribution in [0.25, 0.3) is 64.6 Å². The minimum Gasteiger partial charge on any atom is -0.0654 e. The van der Waals surface area contributed by atoms with Gasteiger partial charge in [-0.15, -0.1) is 0 Å². The summed E-state index contributed by atoms with van der Waals surface area (Å²) < 4.78 is 0.